The molecular formula is C25H30FNO2. The van der Waals surface area contributed by atoms with E-state index in [1.54, 1.807) is 18.2 Å². The number of alkyl halides is 1. The number of rotatable bonds is 7. The molecule has 1 aromatic rings. The summed E-state index contributed by atoms with van der Waals surface area (Å²) in [5.41, 5.74) is -0.306. The van der Waals surface area contributed by atoms with E-state index < -0.39 is 17.7 Å². The minimum atomic E-state index is -1.89. The molecule has 0 spiro atoms. The predicted octanol–water partition coefficient (Wildman–Crippen LogP) is 6.42. The minimum Gasteiger partial charge on any atom is -0.433 e. The maximum absolute atomic E-state index is 14.2. The Morgan fingerprint density at radius 2 is 1.90 bits per heavy atom. The van der Waals surface area contributed by atoms with Crippen LogP contribution in [0.25, 0.3) is 0 Å². The topological polar surface area (TPSA) is 50.1 Å². The normalized spacial score (nSPS) is 28.7. The first-order valence-electron chi connectivity index (χ1n) is 10.8. The van der Waals surface area contributed by atoms with E-state index in [1.807, 2.05) is 12.1 Å². The summed E-state index contributed by atoms with van der Waals surface area (Å²) in [7, 11) is 0. The second-order valence-electron chi connectivity index (χ2n) is 8.28. The molecule has 0 bridgehead atoms. The molecule has 0 aromatic heterocycles. The first kappa shape index (κ1) is 21.3. The van der Waals surface area contributed by atoms with Gasteiger partial charge < -0.3 is 4.74 Å². The van der Waals surface area contributed by atoms with E-state index in [9.17, 15) is 14.4 Å². The standard InChI is InChI=1S/C25H30FNO2/c1-2-3-4-7-19-9-11-20(12-10-19)21-13-15-22(16-14-21)24(28)29-25(18-27)17-6-5-8-23(25)26/h5-6,8,13-17,19-20,23H,2-4,7,9-12H2,1H3. The second kappa shape index (κ2) is 9.87. The molecule has 0 radical (unpaired) electrons. The van der Waals surface area contributed by atoms with Crippen molar-refractivity contribution in [3.05, 3.63) is 59.7 Å². The first-order chi connectivity index (χ1) is 14.1. The summed E-state index contributed by atoms with van der Waals surface area (Å²) < 4.78 is 19.4. The Balaban J connectivity index is 1.56. The summed E-state index contributed by atoms with van der Waals surface area (Å²) in [5, 5.41) is 9.36. The number of halogens is 1. The number of nitrogens with zero attached hydrogens (tertiary/aromatic N) is 1. The lowest BCUT2D eigenvalue weighted by atomic mass is 9.77. The molecule has 0 aliphatic heterocycles. The molecule has 0 heterocycles. The SMILES string of the molecule is CCCCCC1CCC(c2ccc(C(=O)OC3(C#N)C=CC=CC3F)cc2)CC1. The van der Waals surface area contributed by atoms with Crippen molar-refractivity contribution in [2.24, 2.45) is 5.92 Å². The molecule has 2 aliphatic carbocycles. The third-order valence-electron chi connectivity index (χ3n) is 6.26. The molecule has 1 aromatic carbocycles. The fourth-order valence-electron chi connectivity index (χ4n) is 4.38. The highest BCUT2D eigenvalue weighted by molar-refractivity contribution is 5.90. The number of nitriles is 1. The summed E-state index contributed by atoms with van der Waals surface area (Å²) in [6.07, 6.45) is 14.1. The highest BCUT2D eigenvalue weighted by Crippen LogP contribution is 2.38. The second-order valence-corrected chi connectivity index (χ2v) is 8.28. The van der Waals surface area contributed by atoms with Crippen molar-refractivity contribution in [1.82, 2.24) is 0 Å². The fraction of sp³-hybridized carbons (Fsp3) is 0.520. The summed E-state index contributed by atoms with van der Waals surface area (Å²) in [6, 6.07) is 9.20. The first-order valence-corrected chi connectivity index (χ1v) is 10.8. The number of allylic oxidation sites excluding steroid dienone is 2. The average molecular weight is 396 g/mol. The van der Waals surface area contributed by atoms with E-state index in [1.165, 1.54) is 81.2 Å². The van der Waals surface area contributed by atoms with Crippen molar-refractivity contribution < 1.29 is 13.9 Å². The zero-order chi connectivity index (χ0) is 20.7. The van der Waals surface area contributed by atoms with Crippen LogP contribution in [-0.4, -0.2) is 17.7 Å². The molecule has 4 heteroatoms. The highest BCUT2D eigenvalue weighted by atomic mass is 19.1. The molecule has 0 saturated heterocycles. The Morgan fingerprint density at radius 3 is 2.52 bits per heavy atom. The van der Waals surface area contributed by atoms with Crippen LogP contribution in [0.1, 0.15) is 80.1 Å². The maximum Gasteiger partial charge on any atom is 0.340 e. The van der Waals surface area contributed by atoms with E-state index in [0.717, 1.165) is 5.92 Å². The molecule has 2 aliphatic rings. The quantitative estimate of drug-likeness (QED) is 0.395. The van der Waals surface area contributed by atoms with Gasteiger partial charge in [-0.25, -0.2) is 9.18 Å². The zero-order valence-corrected chi connectivity index (χ0v) is 17.1. The number of benzene rings is 1. The Hall–Kier alpha value is -2.41. The van der Waals surface area contributed by atoms with Crippen LogP contribution in [0.2, 0.25) is 0 Å². The van der Waals surface area contributed by atoms with Crippen molar-refractivity contribution >= 4 is 5.97 Å². The van der Waals surface area contributed by atoms with Gasteiger partial charge in [-0.3, -0.25) is 0 Å². The Morgan fingerprint density at radius 1 is 1.17 bits per heavy atom. The van der Waals surface area contributed by atoms with E-state index in [0.29, 0.717) is 11.5 Å². The molecule has 0 N–H and O–H groups in total. The third kappa shape index (κ3) is 5.15. The monoisotopic (exact) mass is 395 g/mol. The highest BCUT2D eigenvalue weighted by Gasteiger charge is 2.41. The van der Waals surface area contributed by atoms with Gasteiger partial charge >= 0.3 is 5.97 Å². The summed E-state index contributed by atoms with van der Waals surface area (Å²) in [4.78, 5) is 12.5. The van der Waals surface area contributed by atoms with Gasteiger partial charge in [0.1, 0.15) is 6.07 Å². The maximum atomic E-state index is 14.2. The summed E-state index contributed by atoms with van der Waals surface area (Å²) in [5.74, 6) is 0.718. The number of hydrogen-bond donors (Lipinski definition) is 0. The van der Waals surface area contributed by atoms with E-state index in [4.69, 9.17) is 4.74 Å². The summed E-state index contributed by atoms with van der Waals surface area (Å²) in [6.45, 7) is 2.25. The van der Waals surface area contributed by atoms with E-state index >= 15 is 0 Å². The van der Waals surface area contributed by atoms with Crippen molar-refractivity contribution in [2.45, 2.75) is 76.0 Å². The number of carbonyl (C=O) groups is 1. The molecule has 1 saturated carbocycles. The lowest BCUT2D eigenvalue weighted by Crippen LogP contribution is -2.41. The number of ether oxygens (including phenoxy) is 1. The van der Waals surface area contributed by atoms with E-state index in [-0.39, 0.29) is 0 Å². The number of unbranched alkanes of at least 4 members (excludes halogenated alkanes) is 2. The number of hydrogen-bond acceptors (Lipinski definition) is 3. The smallest absolute Gasteiger partial charge is 0.340 e. The van der Waals surface area contributed by atoms with Gasteiger partial charge in [0.15, 0.2) is 6.17 Å². The molecular weight excluding hydrogens is 365 g/mol. The van der Waals surface area contributed by atoms with Gasteiger partial charge in [-0.2, -0.15) is 5.26 Å². The van der Waals surface area contributed by atoms with Gasteiger partial charge in [-0.05, 0) is 67.4 Å². The summed E-state index contributed by atoms with van der Waals surface area (Å²) >= 11 is 0. The van der Waals surface area contributed by atoms with Crippen LogP contribution >= 0.6 is 0 Å². The molecule has 2 unspecified atom stereocenters. The lowest BCUT2D eigenvalue weighted by molar-refractivity contribution is 0.00294. The molecule has 3 rings (SSSR count). The third-order valence-corrected chi connectivity index (χ3v) is 6.26. The van der Waals surface area contributed by atoms with E-state index in [2.05, 4.69) is 6.92 Å². The van der Waals surface area contributed by atoms with Crippen molar-refractivity contribution in [3.63, 3.8) is 0 Å². The Labute approximate surface area is 173 Å². The van der Waals surface area contributed by atoms with Crippen LogP contribution in [0.15, 0.2) is 48.6 Å². The average Bonchev–Trinajstić information content (AvgIpc) is 2.76. The van der Waals surface area contributed by atoms with Crippen LogP contribution in [-0.2, 0) is 4.74 Å². The van der Waals surface area contributed by atoms with Gasteiger partial charge in [0, 0.05) is 0 Å². The van der Waals surface area contributed by atoms with Crippen LogP contribution < -0.4 is 0 Å². The van der Waals surface area contributed by atoms with Crippen molar-refractivity contribution in [1.29, 1.82) is 5.26 Å². The molecule has 154 valence electrons. The Bertz CT molecular complexity index is 784. The number of carbonyl (C=O) groups excluding carboxylic acids is 1. The molecule has 0 amide bonds. The molecule has 1 fully saturated rings. The van der Waals surface area contributed by atoms with Gasteiger partial charge in [0.2, 0.25) is 0 Å². The van der Waals surface area contributed by atoms with Gasteiger partial charge in [-0.15, -0.1) is 0 Å². The van der Waals surface area contributed by atoms with Crippen LogP contribution in [0.4, 0.5) is 4.39 Å². The van der Waals surface area contributed by atoms with Crippen LogP contribution in [0.3, 0.4) is 0 Å². The van der Waals surface area contributed by atoms with Gasteiger partial charge in [-0.1, -0.05) is 56.9 Å². The van der Waals surface area contributed by atoms with Crippen molar-refractivity contribution in [3.8, 4) is 6.07 Å². The predicted molar refractivity (Wildman–Crippen MR) is 112 cm³/mol. The van der Waals surface area contributed by atoms with Gasteiger partial charge in [0.05, 0.1) is 5.56 Å². The van der Waals surface area contributed by atoms with Crippen molar-refractivity contribution in [2.75, 3.05) is 0 Å². The molecule has 2 atom stereocenters. The minimum absolute atomic E-state index is 0.340. The lowest BCUT2D eigenvalue weighted by Gasteiger charge is -2.29. The Kier molecular flexibility index (Phi) is 7.25. The molecule has 3 nitrogen and oxygen atoms in total. The number of esters is 1. The van der Waals surface area contributed by atoms with Crippen LogP contribution in [0.5, 0.6) is 0 Å². The fourth-order valence-corrected chi connectivity index (χ4v) is 4.38. The van der Waals surface area contributed by atoms with Crippen LogP contribution in [0, 0.1) is 17.2 Å². The zero-order valence-electron chi connectivity index (χ0n) is 17.1. The van der Waals surface area contributed by atoms with Gasteiger partial charge in [0.25, 0.3) is 5.60 Å². The molecule has 29 heavy (non-hydrogen) atoms. The largest absolute Gasteiger partial charge is 0.433 e.